The van der Waals surface area contributed by atoms with Gasteiger partial charge in [0.05, 0.1) is 18.2 Å². The van der Waals surface area contributed by atoms with Gasteiger partial charge in [0.1, 0.15) is 16.4 Å². The Morgan fingerprint density at radius 2 is 1.66 bits per heavy atom. The van der Waals surface area contributed by atoms with Gasteiger partial charge in [-0.3, -0.25) is 4.90 Å². The van der Waals surface area contributed by atoms with E-state index in [0.717, 1.165) is 25.2 Å². The molecule has 1 heterocycles. The summed E-state index contributed by atoms with van der Waals surface area (Å²) < 4.78 is 40.2. The number of morpholine rings is 1. The molecule has 186 valence electrons. The largest absolute Gasteiger partial charge is 0.457 e. The molecule has 0 atom stereocenters. The molecule has 1 aliphatic rings. The highest BCUT2D eigenvalue weighted by Crippen LogP contribution is 2.30. The van der Waals surface area contributed by atoms with E-state index >= 15 is 0 Å². The zero-order chi connectivity index (χ0) is 24.7. The van der Waals surface area contributed by atoms with Crippen LogP contribution in [0.4, 0.5) is 0 Å². The number of benzene rings is 3. The maximum Gasteiger partial charge on any atom is 0.244 e. The van der Waals surface area contributed by atoms with Gasteiger partial charge in [0.15, 0.2) is 0 Å². The van der Waals surface area contributed by atoms with Crippen LogP contribution in [0.1, 0.15) is 12.0 Å². The normalized spacial score (nSPS) is 14.8. The molecule has 9 heteroatoms. The number of nitrogens with zero attached hydrogens (tertiary/aromatic N) is 2. The van der Waals surface area contributed by atoms with Crippen LogP contribution in [0, 0.1) is 0 Å². The van der Waals surface area contributed by atoms with Crippen LogP contribution in [0.15, 0.2) is 77.7 Å². The Labute approximate surface area is 217 Å². The number of para-hydroxylation sites is 1. The summed E-state index contributed by atoms with van der Waals surface area (Å²) in [6.45, 7) is 4.42. The predicted molar refractivity (Wildman–Crippen MR) is 139 cm³/mol. The van der Waals surface area contributed by atoms with E-state index in [0.29, 0.717) is 42.7 Å². The monoisotopic (exact) mass is 534 g/mol. The van der Waals surface area contributed by atoms with E-state index in [9.17, 15) is 8.42 Å². The SMILES string of the molecule is O=S(=O)(c1cc(Cl)ccc1Cl)N(CCCN1CCOCC1)Cc1cccc(Oc2ccccc2)c1. The van der Waals surface area contributed by atoms with E-state index < -0.39 is 10.0 Å². The minimum Gasteiger partial charge on any atom is -0.457 e. The first-order valence-electron chi connectivity index (χ1n) is 11.5. The van der Waals surface area contributed by atoms with Gasteiger partial charge in [0.25, 0.3) is 0 Å². The van der Waals surface area contributed by atoms with E-state index in [1.165, 1.54) is 16.4 Å². The van der Waals surface area contributed by atoms with Crippen LogP contribution in [-0.4, -0.2) is 57.0 Å². The standard InChI is InChI=1S/C26H28Cl2N2O4S/c27-22-10-11-25(28)26(19-22)35(31,32)30(13-5-12-29-14-16-33-17-15-29)20-21-6-4-9-24(18-21)34-23-7-2-1-3-8-23/h1-4,6-11,18-19H,5,12-17,20H2. The van der Waals surface area contributed by atoms with Crippen molar-refractivity contribution in [2.24, 2.45) is 0 Å². The first-order valence-corrected chi connectivity index (χ1v) is 13.7. The van der Waals surface area contributed by atoms with Crippen molar-refractivity contribution in [2.75, 3.05) is 39.4 Å². The van der Waals surface area contributed by atoms with E-state index in [1.807, 2.05) is 54.6 Å². The lowest BCUT2D eigenvalue weighted by atomic mass is 10.2. The van der Waals surface area contributed by atoms with Crippen molar-refractivity contribution < 1.29 is 17.9 Å². The highest BCUT2D eigenvalue weighted by molar-refractivity contribution is 7.89. The van der Waals surface area contributed by atoms with Gasteiger partial charge in [-0.25, -0.2) is 8.42 Å². The molecule has 0 spiro atoms. The Morgan fingerprint density at radius 1 is 0.914 bits per heavy atom. The van der Waals surface area contributed by atoms with Crippen molar-refractivity contribution in [3.8, 4) is 11.5 Å². The first kappa shape index (κ1) is 25.9. The molecular formula is C26H28Cl2N2O4S. The maximum absolute atomic E-state index is 13.7. The fraction of sp³-hybridized carbons (Fsp3) is 0.308. The number of hydrogen-bond acceptors (Lipinski definition) is 5. The quantitative estimate of drug-likeness (QED) is 0.334. The van der Waals surface area contributed by atoms with Crippen molar-refractivity contribution in [1.82, 2.24) is 9.21 Å². The molecule has 0 aromatic heterocycles. The van der Waals surface area contributed by atoms with E-state index in [-0.39, 0.29) is 16.5 Å². The second-order valence-electron chi connectivity index (χ2n) is 8.28. The summed E-state index contributed by atoms with van der Waals surface area (Å²) in [5.41, 5.74) is 0.812. The Kier molecular flexibility index (Phi) is 9.05. The minimum atomic E-state index is -3.89. The Hall–Kier alpha value is -2.13. The lowest BCUT2D eigenvalue weighted by molar-refractivity contribution is 0.0368. The third-order valence-corrected chi connectivity index (χ3v) is 8.29. The van der Waals surface area contributed by atoms with E-state index in [1.54, 1.807) is 6.07 Å². The van der Waals surface area contributed by atoms with Gasteiger partial charge < -0.3 is 9.47 Å². The Bertz CT molecular complexity index is 1220. The summed E-state index contributed by atoms with van der Waals surface area (Å²) in [4.78, 5) is 2.30. The lowest BCUT2D eigenvalue weighted by Crippen LogP contribution is -2.39. The zero-order valence-electron chi connectivity index (χ0n) is 19.3. The summed E-state index contributed by atoms with van der Waals surface area (Å²) >= 11 is 12.4. The lowest BCUT2D eigenvalue weighted by Gasteiger charge is -2.28. The highest BCUT2D eigenvalue weighted by Gasteiger charge is 2.27. The summed E-state index contributed by atoms with van der Waals surface area (Å²) in [6.07, 6.45) is 0.678. The second kappa shape index (κ2) is 12.2. The Morgan fingerprint density at radius 3 is 2.43 bits per heavy atom. The minimum absolute atomic E-state index is 0.00901. The number of ether oxygens (including phenoxy) is 2. The fourth-order valence-corrected chi connectivity index (χ4v) is 6.13. The average Bonchev–Trinajstić information content (AvgIpc) is 2.86. The van der Waals surface area contributed by atoms with Crippen molar-refractivity contribution in [3.63, 3.8) is 0 Å². The molecule has 0 N–H and O–H groups in total. The highest BCUT2D eigenvalue weighted by atomic mass is 35.5. The second-order valence-corrected chi connectivity index (χ2v) is 11.0. The molecule has 1 fully saturated rings. The van der Waals surface area contributed by atoms with Crippen LogP contribution in [0.2, 0.25) is 10.0 Å². The molecule has 0 bridgehead atoms. The summed E-state index contributed by atoms with van der Waals surface area (Å²) in [7, 11) is -3.89. The molecule has 3 aromatic carbocycles. The first-order chi connectivity index (χ1) is 16.9. The zero-order valence-corrected chi connectivity index (χ0v) is 21.6. The average molecular weight is 535 g/mol. The van der Waals surface area contributed by atoms with Gasteiger partial charge in [-0.2, -0.15) is 4.31 Å². The number of sulfonamides is 1. The summed E-state index contributed by atoms with van der Waals surface area (Å²) in [6, 6.07) is 21.4. The fourth-order valence-electron chi connectivity index (χ4n) is 3.93. The maximum atomic E-state index is 13.7. The van der Waals surface area contributed by atoms with Gasteiger partial charge >= 0.3 is 0 Å². The molecule has 1 saturated heterocycles. The molecule has 0 unspecified atom stereocenters. The van der Waals surface area contributed by atoms with Gasteiger partial charge in [0, 0.05) is 31.2 Å². The predicted octanol–water partition coefficient (Wildman–Crippen LogP) is 5.70. The van der Waals surface area contributed by atoms with E-state index in [2.05, 4.69) is 4.90 Å². The van der Waals surface area contributed by atoms with Crippen LogP contribution >= 0.6 is 23.2 Å². The summed E-state index contributed by atoms with van der Waals surface area (Å²) in [5, 5.41) is 0.466. The Balaban J connectivity index is 1.55. The van der Waals surface area contributed by atoms with Crippen molar-refractivity contribution in [1.29, 1.82) is 0 Å². The van der Waals surface area contributed by atoms with Gasteiger partial charge in [0.2, 0.25) is 10.0 Å². The van der Waals surface area contributed by atoms with E-state index in [4.69, 9.17) is 32.7 Å². The van der Waals surface area contributed by atoms with Crippen molar-refractivity contribution in [2.45, 2.75) is 17.9 Å². The van der Waals surface area contributed by atoms with Crippen LogP contribution in [-0.2, 0) is 21.3 Å². The third kappa shape index (κ3) is 7.19. The number of hydrogen-bond donors (Lipinski definition) is 0. The molecule has 0 amide bonds. The third-order valence-electron chi connectivity index (χ3n) is 5.73. The summed E-state index contributed by atoms with van der Waals surface area (Å²) in [5.74, 6) is 1.35. The van der Waals surface area contributed by atoms with Gasteiger partial charge in [-0.15, -0.1) is 0 Å². The molecule has 0 aliphatic carbocycles. The van der Waals surface area contributed by atoms with Crippen LogP contribution in [0.3, 0.4) is 0 Å². The van der Waals surface area contributed by atoms with Crippen LogP contribution < -0.4 is 4.74 Å². The number of rotatable bonds is 10. The van der Waals surface area contributed by atoms with Gasteiger partial charge in [-0.05, 0) is 61.0 Å². The molecule has 1 aliphatic heterocycles. The molecule has 0 radical (unpaired) electrons. The van der Waals surface area contributed by atoms with Crippen LogP contribution in [0.25, 0.3) is 0 Å². The molecule has 6 nitrogen and oxygen atoms in total. The number of halogens is 2. The molecule has 35 heavy (non-hydrogen) atoms. The van der Waals surface area contributed by atoms with Crippen molar-refractivity contribution >= 4 is 33.2 Å². The van der Waals surface area contributed by atoms with Gasteiger partial charge in [-0.1, -0.05) is 53.5 Å². The van der Waals surface area contributed by atoms with Crippen LogP contribution in [0.5, 0.6) is 11.5 Å². The smallest absolute Gasteiger partial charge is 0.244 e. The molecule has 4 rings (SSSR count). The topological polar surface area (TPSA) is 59.1 Å². The molecule has 0 saturated carbocycles. The van der Waals surface area contributed by atoms with Crippen molar-refractivity contribution in [3.05, 3.63) is 88.4 Å². The molecule has 3 aromatic rings. The molecular weight excluding hydrogens is 507 g/mol.